The Morgan fingerprint density at radius 2 is 2.00 bits per heavy atom. The summed E-state index contributed by atoms with van der Waals surface area (Å²) in [6, 6.07) is 0. The molecule has 0 aromatic heterocycles. The van der Waals surface area contributed by atoms with Gasteiger partial charge in [0.05, 0.1) is 0 Å². The molecule has 0 aliphatic rings. The van der Waals surface area contributed by atoms with E-state index in [4.69, 9.17) is 9.63 Å². The van der Waals surface area contributed by atoms with Gasteiger partial charge in [-0.3, -0.25) is 0 Å². The average Bonchev–Trinajstić information content (AvgIpc) is 2.25. The average molecular weight is 265 g/mol. The molecule has 1 N–H and O–H groups in total. The van der Waals surface area contributed by atoms with Crippen LogP contribution in [0.1, 0.15) is 53.4 Å². The number of ether oxygens (including phenoxy) is 1. The van der Waals surface area contributed by atoms with Crippen molar-refractivity contribution in [2.45, 2.75) is 59.7 Å². The summed E-state index contributed by atoms with van der Waals surface area (Å²) >= 11 is 0. The number of unbranched alkanes of at least 4 members (excludes halogenated alkanes) is 2. The molecule has 0 aromatic carbocycles. The lowest BCUT2D eigenvalue weighted by molar-refractivity contribution is -0.0683. The zero-order valence-electron chi connectivity index (χ0n) is 11.4. The van der Waals surface area contributed by atoms with Gasteiger partial charge in [0, 0.05) is 11.2 Å². The van der Waals surface area contributed by atoms with Gasteiger partial charge in [-0.25, -0.2) is 0 Å². The highest BCUT2D eigenvalue weighted by Gasteiger charge is 2.18. The fourth-order valence-corrected chi connectivity index (χ4v) is 1.31. The van der Waals surface area contributed by atoms with Crippen LogP contribution >= 0.6 is 8.25 Å². The van der Waals surface area contributed by atoms with E-state index in [9.17, 15) is 4.57 Å². The van der Waals surface area contributed by atoms with Gasteiger partial charge >= 0.3 is 8.25 Å². The SMILES string of the molecule is CC=CCC.CCCCCOC(C)O[P+](=O)O. The van der Waals surface area contributed by atoms with Crippen LogP contribution in [0.4, 0.5) is 0 Å². The van der Waals surface area contributed by atoms with Crippen LogP contribution in [-0.2, 0) is 13.8 Å². The quantitative estimate of drug-likeness (QED) is 0.309. The monoisotopic (exact) mass is 265 g/mol. The van der Waals surface area contributed by atoms with Crippen molar-refractivity contribution in [2.24, 2.45) is 0 Å². The Balaban J connectivity index is 0. The Kier molecular flexibility index (Phi) is 17.6. The molecule has 0 bridgehead atoms. The highest BCUT2D eigenvalue weighted by Crippen LogP contribution is 2.18. The Bertz CT molecular complexity index is 195. The molecule has 0 spiro atoms. The van der Waals surface area contributed by atoms with Crippen molar-refractivity contribution in [3.05, 3.63) is 12.2 Å². The molecule has 0 saturated carbocycles. The Hall–Kier alpha value is -0.280. The maximum atomic E-state index is 10.1. The van der Waals surface area contributed by atoms with Crippen LogP contribution < -0.4 is 0 Å². The van der Waals surface area contributed by atoms with E-state index in [0.29, 0.717) is 6.61 Å². The molecule has 4 nitrogen and oxygen atoms in total. The van der Waals surface area contributed by atoms with Crippen molar-refractivity contribution < 1.29 is 18.7 Å². The van der Waals surface area contributed by atoms with Crippen LogP contribution in [0.25, 0.3) is 0 Å². The topological polar surface area (TPSA) is 55.8 Å². The van der Waals surface area contributed by atoms with Crippen molar-refractivity contribution in [3.8, 4) is 0 Å². The molecule has 0 saturated heterocycles. The number of allylic oxidation sites excluding steroid dienone is 2. The Morgan fingerprint density at radius 1 is 1.35 bits per heavy atom. The van der Waals surface area contributed by atoms with Crippen molar-refractivity contribution in [2.75, 3.05) is 6.61 Å². The first-order valence-corrected chi connectivity index (χ1v) is 7.27. The van der Waals surface area contributed by atoms with Crippen LogP contribution in [0, 0.1) is 0 Å². The molecule has 0 heterocycles. The predicted molar refractivity (Wildman–Crippen MR) is 71.0 cm³/mol. The van der Waals surface area contributed by atoms with Crippen LogP contribution in [0.2, 0.25) is 0 Å². The zero-order valence-corrected chi connectivity index (χ0v) is 12.3. The van der Waals surface area contributed by atoms with E-state index in [1.165, 1.54) is 0 Å². The molecule has 0 radical (unpaired) electrons. The van der Waals surface area contributed by atoms with Gasteiger partial charge in [-0.1, -0.05) is 43.4 Å². The summed E-state index contributed by atoms with van der Waals surface area (Å²) in [6.45, 7) is 8.45. The normalized spacial score (nSPS) is 13.1. The van der Waals surface area contributed by atoms with E-state index in [0.717, 1.165) is 25.7 Å². The zero-order chi connectivity index (χ0) is 13.5. The van der Waals surface area contributed by atoms with E-state index in [1.807, 2.05) is 6.92 Å². The van der Waals surface area contributed by atoms with Crippen molar-refractivity contribution >= 4 is 8.25 Å². The molecule has 17 heavy (non-hydrogen) atoms. The smallest absolute Gasteiger partial charge is 0.348 e. The molecule has 102 valence electrons. The maximum Gasteiger partial charge on any atom is 0.697 e. The largest absolute Gasteiger partial charge is 0.697 e. The second kappa shape index (κ2) is 15.7. The minimum Gasteiger partial charge on any atom is -0.348 e. The van der Waals surface area contributed by atoms with E-state index < -0.39 is 14.5 Å². The molecule has 2 atom stereocenters. The molecule has 0 aliphatic heterocycles. The molecule has 0 fully saturated rings. The molecule has 0 aromatic rings. The van der Waals surface area contributed by atoms with Gasteiger partial charge in [-0.2, -0.15) is 0 Å². The molecule has 0 amide bonds. The van der Waals surface area contributed by atoms with Crippen LogP contribution in [0.5, 0.6) is 0 Å². The number of hydrogen-bond donors (Lipinski definition) is 1. The summed E-state index contributed by atoms with van der Waals surface area (Å²) in [5.74, 6) is 0. The van der Waals surface area contributed by atoms with E-state index in [2.05, 4.69) is 30.5 Å². The number of rotatable bonds is 8. The minimum atomic E-state index is -2.54. The fourth-order valence-electron chi connectivity index (χ4n) is 0.994. The van der Waals surface area contributed by atoms with Gasteiger partial charge in [0.1, 0.15) is 0 Å². The van der Waals surface area contributed by atoms with E-state index in [-0.39, 0.29) is 0 Å². The molecular weight excluding hydrogens is 239 g/mol. The summed E-state index contributed by atoms with van der Waals surface area (Å²) in [6.07, 6.45) is 7.96. The molecule has 0 rings (SSSR count). The highest BCUT2D eigenvalue weighted by molar-refractivity contribution is 7.32. The van der Waals surface area contributed by atoms with Crippen LogP contribution in [0.3, 0.4) is 0 Å². The van der Waals surface area contributed by atoms with Gasteiger partial charge in [0.15, 0.2) is 0 Å². The standard InChI is InChI=1S/C7H15O4P.C5H10/c1-3-4-5-6-10-7(2)11-12(8)9;1-3-5-4-2/h7H,3-6H2,1-2H3;3,5H,4H2,1-2H3/p+1. The van der Waals surface area contributed by atoms with Gasteiger partial charge in [-0.05, 0) is 26.7 Å². The second-order valence-electron chi connectivity index (χ2n) is 3.47. The molecule has 5 heteroatoms. The third-order valence-corrected chi connectivity index (χ3v) is 2.29. The van der Waals surface area contributed by atoms with E-state index >= 15 is 0 Å². The third-order valence-electron chi connectivity index (χ3n) is 1.81. The lowest BCUT2D eigenvalue weighted by atomic mass is 10.3. The molecule has 0 aliphatic carbocycles. The van der Waals surface area contributed by atoms with E-state index in [1.54, 1.807) is 6.92 Å². The fraction of sp³-hybridized carbons (Fsp3) is 0.833. The summed E-state index contributed by atoms with van der Waals surface area (Å²) in [5.41, 5.74) is 0. The summed E-state index contributed by atoms with van der Waals surface area (Å²) in [7, 11) is -2.54. The van der Waals surface area contributed by atoms with Gasteiger partial charge in [0.25, 0.3) is 0 Å². The summed E-state index contributed by atoms with van der Waals surface area (Å²) in [4.78, 5) is 8.33. The lowest BCUT2D eigenvalue weighted by Crippen LogP contribution is -2.09. The van der Waals surface area contributed by atoms with Gasteiger partial charge in [0.2, 0.25) is 6.29 Å². The maximum absolute atomic E-state index is 10.1. The van der Waals surface area contributed by atoms with Crippen molar-refractivity contribution in [3.63, 3.8) is 0 Å². The third kappa shape index (κ3) is 21.5. The van der Waals surface area contributed by atoms with Crippen molar-refractivity contribution in [1.29, 1.82) is 0 Å². The summed E-state index contributed by atoms with van der Waals surface area (Å²) in [5, 5.41) is 0. The summed E-state index contributed by atoms with van der Waals surface area (Å²) < 4.78 is 19.7. The first-order valence-electron chi connectivity index (χ1n) is 6.14. The van der Waals surface area contributed by atoms with Crippen LogP contribution in [-0.4, -0.2) is 17.8 Å². The van der Waals surface area contributed by atoms with Crippen molar-refractivity contribution in [1.82, 2.24) is 0 Å². The van der Waals surface area contributed by atoms with Crippen LogP contribution in [0.15, 0.2) is 12.2 Å². The second-order valence-corrected chi connectivity index (χ2v) is 4.15. The number of hydrogen-bond acceptors (Lipinski definition) is 3. The molecule has 2 unspecified atom stereocenters. The Labute approximate surface area is 106 Å². The van der Waals surface area contributed by atoms with Gasteiger partial charge < -0.3 is 4.74 Å². The Morgan fingerprint density at radius 3 is 2.35 bits per heavy atom. The first kappa shape index (κ1) is 19.1. The lowest BCUT2D eigenvalue weighted by Gasteiger charge is -2.04. The predicted octanol–water partition coefficient (Wildman–Crippen LogP) is 4.18. The van der Waals surface area contributed by atoms with Gasteiger partial charge in [-0.15, -0.1) is 4.89 Å². The molecular formula is C12H26O4P+. The highest BCUT2D eigenvalue weighted by atomic mass is 31.1. The first-order chi connectivity index (χ1) is 8.08. The minimum absolute atomic E-state index is 0.582.